The van der Waals surface area contributed by atoms with Crippen molar-refractivity contribution in [1.82, 2.24) is 5.32 Å². The number of rotatable bonds is 3. The first-order valence-corrected chi connectivity index (χ1v) is 5.13. The van der Waals surface area contributed by atoms with Crippen molar-refractivity contribution in [3.05, 3.63) is 22.2 Å². The van der Waals surface area contributed by atoms with Gasteiger partial charge in [0.1, 0.15) is 0 Å². The molecule has 4 heteroatoms. The van der Waals surface area contributed by atoms with Crippen LogP contribution < -0.4 is 10.1 Å². The van der Waals surface area contributed by atoms with Crippen LogP contribution in [-0.2, 0) is 0 Å². The summed E-state index contributed by atoms with van der Waals surface area (Å²) in [5, 5.41) is 12.7. The van der Waals surface area contributed by atoms with E-state index in [0.29, 0.717) is 5.75 Å². The van der Waals surface area contributed by atoms with Crippen LogP contribution in [0.25, 0.3) is 0 Å². The van der Waals surface area contributed by atoms with Gasteiger partial charge in [0.2, 0.25) is 0 Å². The fourth-order valence-electron chi connectivity index (χ4n) is 1.21. The van der Waals surface area contributed by atoms with Gasteiger partial charge in [-0.25, -0.2) is 0 Å². The van der Waals surface area contributed by atoms with E-state index in [1.807, 2.05) is 14.0 Å². The van der Waals surface area contributed by atoms with E-state index in [2.05, 4.69) is 21.2 Å². The average Bonchev–Trinajstić information content (AvgIpc) is 2.19. The highest BCUT2D eigenvalue weighted by molar-refractivity contribution is 9.10. The van der Waals surface area contributed by atoms with Crippen molar-refractivity contribution < 1.29 is 9.84 Å². The highest BCUT2D eigenvalue weighted by Gasteiger charge is 2.11. The smallest absolute Gasteiger partial charge is 0.161 e. The predicted molar refractivity (Wildman–Crippen MR) is 59.8 cm³/mol. The van der Waals surface area contributed by atoms with Crippen LogP contribution in [0.5, 0.6) is 11.5 Å². The largest absolute Gasteiger partial charge is 0.504 e. The number of hydrogen-bond donors (Lipinski definition) is 2. The van der Waals surface area contributed by atoms with E-state index in [-0.39, 0.29) is 11.8 Å². The predicted octanol–water partition coefficient (Wildman–Crippen LogP) is 2.44. The lowest BCUT2D eigenvalue weighted by Gasteiger charge is -2.14. The lowest BCUT2D eigenvalue weighted by Crippen LogP contribution is -2.12. The van der Waals surface area contributed by atoms with Gasteiger partial charge in [-0.3, -0.25) is 0 Å². The summed E-state index contributed by atoms with van der Waals surface area (Å²) >= 11 is 3.43. The molecule has 0 amide bonds. The van der Waals surface area contributed by atoms with E-state index < -0.39 is 0 Å². The second kappa shape index (κ2) is 4.66. The Morgan fingerprint density at radius 2 is 2.14 bits per heavy atom. The maximum Gasteiger partial charge on any atom is 0.161 e. The standard InChI is InChI=1S/C10H14BrNO2/c1-6(12-2)7-4-9(13)10(14-3)5-8(7)11/h4-6,12-13H,1-3H3. The molecule has 2 N–H and O–H groups in total. The third-order valence-corrected chi connectivity index (χ3v) is 2.88. The van der Waals surface area contributed by atoms with Gasteiger partial charge in [0.25, 0.3) is 0 Å². The van der Waals surface area contributed by atoms with Crippen LogP contribution in [0.2, 0.25) is 0 Å². The molecule has 0 aromatic heterocycles. The summed E-state index contributed by atoms with van der Waals surface area (Å²) in [6.07, 6.45) is 0. The molecule has 0 bridgehead atoms. The van der Waals surface area contributed by atoms with E-state index in [0.717, 1.165) is 10.0 Å². The third kappa shape index (κ3) is 2.19. The Kier molecular flexibility index (Phi) is 3.77. The van der Waals surface area contributed by atoms with E-state index in [1.54, 1.807) is 12.1 Å². The van der Waals surface area contributed by atoms with Crippen LogP contribution in [0.15, 0.2) is 16.6 Å². The molecule has 1 rings (SSSR count). The molecule has 0 saturated heterocycles. The summed E-state index contributed by atoms with van der Waals surface area (Å²) in [5.74, 6) is 0.636. The van der Waals surface area contributed by atoms with Crippen LogP contribution in [0.4, 0.5) is 0 Å². The maximum atomic E-state index is 9.59. The fraction of sp³-hybridized carbons (Fsp3) is 0.400. The molecule has 0 spiro atoms. The second-order valence-electron chi connectivity index (χ2n) is 3.06. The van der Waals surface area contributed by atoms with Crippen molar-refractivity contribution in [2.75, 3.05) is 14.2 Å². The van der Waals surface area contributed by atoms with E-state index in [4.69, 9.17) is 4.74 Å². The fourth-order valence-corrected chi connectivity index (χ4v) is 1.88. The van der Waals surface area contributed by atoms with Gasteiger partial charge in [0, 0.05) is 10.5 Å². The molecular weight excluding hydrogens is 246 g/mol. The molecule has 0 saturated carbocycles. The number of methoxy groups -OCH3 is 1. The number of halogens is 1. The third-order valence-electron chi connectivity index (χ3n) is 2.20. The Morgan fingerprint density at radius 3 is 2.64 bits per heavy atom. The van der Waals surface area contributed by atoms with Gasteiger partial charge in [-0.1, -0.05) is 15.9 Å². The highest BCUT2D eigenvalue weighted by atomic mass is 79.9. The Labute approximate surface area is 92.2 Å². The van der Waals surface area contributed by atoms with Crippen LogP contribution in [0.1, 0.15) is 18.5 Å². The molecule has 14 heavy (non-hydrogen) atoms. The quantitative estimate of drug-likeness (QED) is 0.877. The molecule has 0 fully saturated rings. The summed E-state index contributed by atoms with van der Waals surface area (Å²) in [6.45, 7) is 2.02. The lowest BCUT2D eigenvalue weighted by molar-refractivity contribution is 0.372. The first kappa shape index (κ1) is 11.3. The molecule has 0 aliphatic rings. The van der Waals surface area contributed by atoms with Crippen molar-refractivity contribution in [3.63, 3.8) is 0 Å². The molecule has 1 atom stereocenters. The van der Waals surface area contributed by atoms with Crippen molar-refractivity contribution >= 4 is 15.9 Å². The number of phenols is 1. The Balaban J connectivity index is 3.14. The van der Waals surface area contributed by atoms with Gasteiger partial charge < -0.3 is 15.2 Å². The zero-order valence-electron chi connectivity index (χ0n) is 8.47. The summed E-state index contributed by atoms with van der Waals surface area (Å²) < 4.78 is 5.92. The Hall–Kier alpha value is -0.740. The van der Waals surface area contributed by atoms with Gasteiger partial charge in [-0.05, 0) is 31.7 Å². The molecule has 78 valence electrons. The van der Waals surface area contributed by atoms with Crippen LogP contribution in [0.3, 0.4) is 0 Å². The maximum absolute atomic E-state index is 9.59. The van der Waals surface area contributed by atoms with Gasteiger partial charge in [-0.15, -0.1) is 0 Å². The van der Waals surface area contributed by atoms with E-state index in [1.165, 1.54) is 7.11 Å². The summed E-state index contributed by atoms with van der Waals surface area (Å²) in [6, 6.07) is 3.64. The molecule has 0 aliphatic heterocycles. The zero-order chi connectivity index (χ0) is 10.7. The van der Waals surface area contributed by atoms with Crippen molar-refractivity contribution in [2.24, 2.45) is 0 Å². The average molecular weight is 260 g/mol. The number of ether oxygens (including phenoxy) is 1. The van der Waals surface area contributed by atoms with Gasteiger partial charge in [0.15, 0.2) is 11.5 Å². The molecule has 0 aliphatic carbocycles. The summed E-state index contributed by atoms with van der Waals surface area (Å²) in [7, 11) is 3.40. The minimum absolute atomic E-state index is 0.160. The number of benzene rings is 1. The Morgan fingerprint density at radius 1 is 1.50 bits per heavy atom. The molecule has 1 aromatic rings. The van der Waals surface area contributed by atoms with Gasteiger partial charge in [-0.2, -0.15) is 0 Å². The number of hydrogen-bond acceptors (Lipinski definition) is 3. The molecule has 0 radical (unpaired) electrons. The number of aromatic hydroxyl groups is 1. The van der Waals surface area contributed by atoms with Gasteiger partial charge >= 0.3 is 0 Å². The molecule has 1 unspecified atom stereocenters. The zero-order valence-corrected chi connectivity index (χ0v) is 10.1. The molecule has 1 aromatic carbocycles. The van der Waals surface area contributed by atoms with Crippen LogP contribution in [-0.4, -0.2) is 19.3 Å². The number of phenolic OH excluding ortho intramolecular Hbond substituents is 1. The molecule has 3 nitrogen and oxygen atoms in total. The first-order chi connectivity index (χ1) is 6.60. The van der Waals surface area contributed by atoms with Crippen molar-refractivity contribution in [2.45, 2.75) is 13.0 Å². The number of nitrogens with one attached hydrogen (secondary N) is 1. The van der Waals surface area contributed by atoms with E-state index >= 15 is 0 Å². The first-order valence-electron chi connectivity index (χ1n) is 4.33. The minimum Gasteiger partial charge on any atom is -0.504 e. The normalized spacial score (nSPS) is 12.6. The second-order valence-corrected chi connectivity index (χ2v) is 3.91. The minimum atomic E-state index is 0.160. The Bertz CT molecular complexity index is 328. The summed E-state index contributed by atoms with van der Waals surface area (Å²) in [4.78, 5) is 0. The summed E-state index contributed by atoms with van der Waals surface area (Å²) in [5.41, 5.74) is 1.01. The van der Waals surface area contributed by atoms with E-state index in [9.17, 15) is 5.11 Å². The molecular formula is C10H14BrNO2. The van der Waals surface area contributed by atoms with Crippen LogP contribution >= 0.6 is 15.9 Å². The van der Waals surface area contributed by atoms with Crippen LogP contribution in [0, 0.1) is 0 Å². The van der Waals surface area contributed by atoms with Gasteiger partial charge in [0.05, 0.1) is 7.11 Å². The highest BCUT2D eigenvalue weighted by Crippen LogP contribution is 2.34. The lowest BCUT2D eigenvalue weighted by atomic mass is 10.1. The topological polar surface area (TPSA) is 41.5 Å². The van der Waals surface area contributed by atoms with Crippen molar-refractivity contribution in [1.29, 1.82) is 0 Å². The monoisotopic (exact) mass is 259 g/mol. The van der Waals surface area contributed by atoms with Crippen molar-refractivity contribution in [3.8, 4) is 11.5 Å². The SMILES string of the molecule is CNC(C)c1cc(O)c(OC)cc1Br. The molecule has 0 heterocycles.